The van der Waals surface area contributed by atoms with Crippen LogP contribution in [-0.2, 0) is 16.1 Å². The van der Waals surface area contributed by atoms with Gasteiger partial charge in [0, 0.05) is 12.3 Å². The maximum Gasteiger partial charge on any atom is 0.339 e. The molecule has 5 nitrogen and oxygen atoms in total. The third-order valence-electron chi connectivity index (χ3n) is 4.54. The van der Waals surface area contributed by atoms with Gasteiger partial charge in [-0.05, 0) is 56.5 Å². The van der Waals surface area contributed by atoms with E-state index in [1.54, 1.807) is 4.90 Å². The fourth-order valence-electron chi connectivity index (χ4n) is 3.37. The topological polar surface area (TPSA) is 59.5 Å². The number of nitrogens with zero attached hydrogens (tertiary/aromatic N) is 2. The summed E-state index contributed by atoms with van der Waals surface area (Å²) in [6.45, 7) is 9.35. The zero-order valence-corrected chi connectivity index (χ0v) is 18.1. The van der Waals surface area contributed by atoms with Gasteiger partial charge in [0.2, 0.25) is 5.91 Å². The zero-order valence-electron chi connectivity index (χ0n) is 17.3. The van der Waals surface area contributed by atoms with Crippen LogP contribution in [0.3, 0.4) is 0 Å². The number of anilines is 2. The number of aryl methyl sites for hydroxylation is 4. The van der Waals surface area contributed by atoms with Crippen molar-refractivity contribution in [2.24, 2.45) is 0 Å². The standard InChI is InChI=1S/C23H24N2O3S/c1-14-7-6-8-20(11-14)25(18(5)26)23-24-19(13-29-23)12-28-22(27)21-16(3)9-15(2)10-17(21)4/h6-11,13H,12H2,1-5H3. The maximum atomic E-state index is 12.6. The molecular weight excluding hydrogens is 384 g/mol. The molecule has 0 atom stereocenters. The molecule has 1 heterocycles. The molecule has 1 aromatic heterocycles. The average molecular weight is 409 g/mol. The van der Waals surface area contributed by atoms with E-state index in [9.17, 15) is 9.59 Å². The number of carbonyl (C=O) groups is 2. The zero-order chi connectivity index (χ0) is 21.1. The van der Waals surface area contributed by atoms with Gasteiger partial charge >= 0.3 is 5.97 Å². The molecule has 3 rings (SSSR count). The summed E-state index contributed by atoms with van der Waals surface area (Å²) in [5.74, 6) is -0.490. The van der Waals surface area contributed by atoms with Crippen LogP contribution in [0.4, 0.5) is 10.8 Å². The molecule has 3 aromatic rings. The number of thiazole rings is 1. The van der Waals surface area contributed by atoms with Crippen LogP contribution in [0.15, 0.2) is 41.8 Å². The lowest BCUT2D eigenvalue weighted by atomic mass is 10.00. The van der Waals surface area contributed by atoms with Gasteiger partial charge in [-0.2, -0.15) is 0 Å². The first-order chi connectivity index (χ1) is 13.8. The van der Waals surface area contributed by atoms with Crippen molar-refractivity contribution in [3.05, 3.63) is 75.3 Å². The normalized spacial score (nSPS) is 10.7. The van der Waals surface area contributed by atoms with Crippen LogP contribution in [0.2, 0.25) is 0 Å². The lowest BCUT2D eigenvalue weighted by molar-refractivity contribution is -0.115. The van der Waals surface area contributed by atoms with E-state index in [1.165, 1.54) is 18.3 Å². The van der Waals surface area contributed by atoms with Crippen molar-refractivity contribution >= 4 is 34.0 Å². The Labute approximate surface area is 175 Å². The summed E-state index contributed by atoms with van der Waals surface area (Å²) in [6, 6.07) is 11.6. The highest BCUT2D eigenvalue weighted by Gasteiger charge is 2.19. The fraction of sp³-hybridized carbons (Fsp3) is 0.261. The Kier molecular flexibility index (Phi) is 6.13. The molecule has 0 spiro atoms. The van der Waals surface area contributed by atoms with Crippen LogP contribution in [-0.4, -0.2) is 16.9 Å². The maximum absolute atomic E-state index is 12.6. The van der Waals surface area contributed by atoms with E-state index >= 15 is 0 Å². The number of carbonyl (C=O) groups excluding carboxylic acids is 2. The highest BCUT2D eigenvalue weighted by atomic mass is 32.1. The third-order valence-corrected chi connectivity index (χ3v) is 5.41. The Balaban J connectivity index is 1.76. The lowest BCUT2D eigenvalue weighted by Gasteiger charge is -2.18. The molecule has 0 saturated heterocycles. The minimum absolute atomic E-state index is 0.0572. The summed E-state index contributed by atoms with van der Waals surface area (Å²) >= 11 is 1.35. The number of benzene rings is 2. The van der Waals surface area contributed by atoms with Crippen LogP contribution in [0.25, 0.3) is 0 Å². The lowest BCUT2D eigenvalue weighted by Crippen LogP contribution is -2.22. The van der Waals surface area contributed by atoms with Crippen molar-refractivity contribution in [2.75, 3.05) is 4.90 Å². The number of hydrogen-bond donors (Lipinski definition) is 0. The quantitative estimate of drug-likeness (QED) is 0.529. The number of hydrogen-bond acceptors (Lipinski definition) is 5. The van der Waals surface area contributed by atoms with Crippen LogP contribution in [0.1, 0.15) is 45.2 Å². The van der Waals surface area contributed by atoms with E-state index < -0.39 is 0 Å². The van der Waals surface area contributed by atoms with E-state index in [0.717, 1.165) is 27.9 Å². The first-order valence-electron chi connectivity index (χ1n) is 9.33. The second-order valence-corrected chi connectivity index (χ2v) is 8.00. The molecule has 0 aliphatic rings. The minimum atomic E-state index is -0.364. The van der Waals surface area contributed by atoms with Crippen LogP contribution in [0.5, 0.6) is 0 Å². The molecule has 0 fully saturated rings. The predicted octanol–water partition coefficient (Wildman–Crippen LogP) is 5.42. The molecule has 0 bridgehead atoms. The third kappa shape index (κ3) is 4.71. The van der Waals surface area contributed by atoms with E-state index in [-0.39, 0.29) is 18.5 Å². The molecular formula is C23H24N2O3S. The Bertz CT molecular complexity index is 1050. The highest BCUT2D eigenvalue weighted by Crippen LogP contribution is 2.29. The van der Waals surface area contributed by atoms with Crippen molar-refractivity contribution in [3.8, 4) is 0 Å². The molecule has 1 amide bonds. The Hall–Kier alpha value is -2.99. The molecule has 2 aromatic carbocycles. The van der Waals surface area contributed by atoms with Crippen molar-refractivity contribution in [1.29, 1.82) is 0 Å². The molecule has 0 radical (unpaired) electrons. The van der Waals surface area contributed by atoms with Gasteiger partial charge in [-0.25, -0.2) is 9.78 Å². The number of amides is 1. The first kappa shape index (κ1) is 20.7. The van der Waals surface area contributed by atoms with E-state index in [2.05, 4.69) is 4.98 Å². The van der Waals surface area contributed by atoms with Crippen molar-refractivity contribution in [1.82, 2.24) is 4.98 Å². The van der Waals surface area contributed by atoms with Gasteiger partial charge in [0.25, 0.3) is 0 Å². The summed E-state index contributed by atoms with van der Waals surface area (Å²) < 4.78 is 5.50. The van der Waals surface area contributed by atoms with Crippen LogP contribution >= 0.6 is 11.3 Å². The molecule has 0 aliphatic heterocycles. The van der Waals surface area contributed by atoms with E-state index in [4.69, 9.17) is 4.74 Å². The molecule has 0 unspecified atom stereocenters. The van der Waals surface area contributed by atoms with E-state index in [1.807, 2.05) is 69.5 Å². The van der Waals surface area contributed by atoms with Gasteiger partial charge in [-0.3, -0.25) is 9.69 Å². The SMILES string of the molecule is CC(=O)N(c1cccc(C)c1)c1nc(COC(=O)c2c(C)cc(C)cc2C)cs1. The van der Waals surface area contributed by atoms with E-state index in [0.29, 0.717) is 16.4 Å². The van der Waals surface area contributed by atoms with Crippen molar-refractivity contribution in [3.63, 3.8) is 0 Å². The van der Waals surface area contributed by atoms with Gasteiger partial charge in [-0.1, -0.05) is 29.8 Å². The van der Waals surface area contributed by atoms with Gasteiger partial charge in [0.1, 0.15) is 6.61 Å². The Morgan fingerprint density at radius 3 is 2.34 bits per heavy atom. The molecule has 0 saturated carbocycles. The summed E-state index contributed by atoms with van der Waals surface area (Å²) in [5.41, 5.74) is 5.93. The highest BCUT2D eigenvalue weighted by molar-refractivity contribution is 7.14. The minimum Gasteiger partial charge on any atom is -0.456 e. The van der Waals surface area contributed by atoms with Crippen molar-refractivity contribution in [2.45, 2.75) is 41.2 Å². The van der Waals surface area contributed by atoms with Gasteiger partial charge in [0.05, 0.1) is 16.9 Å². The number of rotatable bonds is 5. The summed E-state index contributed by atoms with van der Waals surface area (Å²) in [7, 11) is 0. The van der Waals surface area contributed by atoms with Gasteiger partial charge in [-0.15, -0.1) is 11.3 Å². The smallest absolute Gasteiger partial charge is 0.339 e. The monoisotopic (exact) mass is 408 g/mol. The van der Waals surface area contributed by atoms with Crippen LogP contribution in [0, 0.1) is 27.7 Å². The fourth-order valence-corrected chi connectivity index (χ4v) is 4.24. The number of esters is 1. The van der Waals surface area contributed by atoms with Crippen molar-refractivity contribution < 1.29 is 14.3 Å². The van der Waals surface area contributed by atoms with Gasteiger partial charge < -0.3 is 4.74 Å². The van der Waals surface area contributed by atoms with Gasteiger partial charge in [0.15, 0.2) is 5.13 Å². The first-order valence-corrected chi connectivity index (χ1v) is 10.2. The summed E-state index contributed by atoms with van der Waals surface area (Å²) in [6.07, 6.45) is 0. The molecule has 6 heteroatoms. The predicted molar refractivity (Wildman–Crippen MR) is 116 cm³/mol. The molecule has 0 N–H and O–H groups in total. The molecule has 0 aliphatic carbocycles. The number of aromatic nitrogens is 1. The molecule has 29 heavy (non-hydrogen) atoms. The summed E-state index contributed by atoms with van der Waals surface area (Å²) in [4.78, 5) is 30.9. The molecule has 150 valence electrons. The Morgan fingerprint density at radius 2 is 1.72 bits per heavy atom. The Morgan fingerprint density at radius 1 is 1.03 bits per heavy atom. The second kappa shape index (κ2) is 8.57. The largest absolute Gasteiger partial charge is 0.456 e. The number of ether oxygens (including phenoxy) is 1. The summed E-state index contributed by atoms with van der Waals surface area (Å²) in [5, 5.41) is 2.36. The van der Waals surface area contributed by atoms with Crippen LogP contribution < -0.4 is 4.90 Å². The average Bonchev–Trinajstić information content (AvgIpc) is 3.07. The second-order valence-electron chi connectivity index (χ2n) is 7.16.